The number of anilines is 1. The molecule has 3 nitrogen and oxygen atoms in total. The highest BCUT2D eigenvalue weighted by atomic mass is 15.1. The lowest BCUT2D eigenvalue weighted by Gasteiger charge is -2.24. The van der Waals surface area contributed by atoms with E-state index in [1.165, 1.54) is 16.8 Å². The summed E-state index contributed by atoms with van der Waals surface area (Å²) in [6.07, 6.45) is 3.64. The molecule has 0 saturated carbocycles. The van der Waals surface area contributed by atoms with E-state index < -0.39 is 0 Å². The monoisotopic (exact) mass is 241 g/mol. The highest BCUT2D eigenvalue weighted by molar-refractivity contribution is 5.54. The Morgan fingerprint density at radius 2 is 1.83 bits per heavy atom. The number of benzene rings is 1. The largest absolute Gasteiger partial charge is 0.370 e. The van der Waals surface area contributed by atoms with Gasteiger partial charge >= 0.3 is 0 Å². The van der Waals surface area contributed by atoms with E-state index in [0.29, 0.717) is 0 Å². The Hall–Kier alpha value is -1.87. The number of rotatable bonds is 4. The summed E-state index contributed by atoms with van der Waals surface area (Å²) < 4.78 is 0. The van der Waals surface area contributed by atoms with E-state index in [4.69, 9.17) is 5.73 Å². The fourth-order valence-corrected chi connectivity index (χ4v) is 2.07. The van der Waals surface area contributed by atoms with Crippen molar-refractivity contribution in [2.75, 3.05) is 11.9 Å². The van der Waals surface area contributed by atoms with E-state index in [-0.39, 0.29) is 6.04 Å². The predicted octanol–water partition coefficient (Wildman–Crippen LogP) is 2.74. The lowest BCUT2D eigenvalue weighted by Crippen LogP contribution is -2.20. The number of hydrogen-bond donors (Lipinski definition) is 1. The molecule has 1 atom stereocenters. The van der Waals surface area contributed by atoms with Crippen molar-refractivity contribution in [3.8, 4) is 0 Å². The van der Waals surface area contributed by atoms with Gasteiger partial charge in [0.25, 0.3) is 0 Å². The molecule has 0 bridgehead atoms. The van der Waals surface area contributed by atoms with Crippen molar-refractivity contribution in [1.82, 2.24) is 4.98 Å². The van der Waals surface area contributed by atoms with Gasteiger partial charge in [0.1, 0.15) is 0 Å². The predicted molar refractivity (Wildman–Crippen MR) is 75.4 cm³/mol. The quantitative estimate of drug-likeness (QED) is 0.895. The Morgan fingerprint density at radius 3 is 2.50 bits per heavy atom. The molecule has 0 aliphatic carbocycles. The molecular weight excluding hydrogens is 222 g/mol. The molecule has 0 aliphatic rings. The van der Waals surface area contributed by atoms with Crippen LogP contribution >= 0.6 is 0 Å². The molecular formula is C15H19N3. The molecule has 0 fully saturated rings. The van der Waals surface area contributed by atoms with Crippen molar-refractivity contribution in [2.45, 2.75) is 19.5 Å². The number of pyridine rings is 1. The van der Waals surface area contributed by atoms with Crippen LogP contribution < -0.4 is 10.6 Å². The van der Waals surface area contributed by atoms with Crippen molar-refractivity contribution < 1.29 is 0 Å². The first-order chi connectivity index (χ1) is 8.68. The number of para-hydroxylation sites is 1. The minimum absolute atomic E-state index is 0.0427. The Kier molecular flexibility index (Phi) is 3.95. The van der Waals surface area contributed by atoms with E-state index in [1.807, 2.05) is 43.6 Å². The summed E-state index contributed by atoms with van der Waals surface area (Å²) >= 11 is 0. The molecule has 1 aromatic carbocycles. The number of aromatic nitrogens is 1. The van der Waals surface area contributed by atoms with Crippen LogP contribution in [0.5, 0.6) is 0 Å². The van der Waals surface area contributed by atoms with Crippen LogP contribution in [0.2, 0.25) is 0 Å². The maximum atomic E-state index is 6.01. The lowest BCUT2D eigenvalue weighted by atomic mass is 10.1. The highest BCUT2D eigenvalue weighted by Crippen LogP contribution is 2.25. The highest BCUT2D eigenvalue weighted by Gasteiger charge is 2.10. The van der Waals surface area contributed by atoms with Gasteiger partial charge in [-0.05, 0) is 36.2 Å². The second-order valence-electron chi connectivity index (χ2n) is 4.56. The summed E-state index contributed by atoms with van der Waals surface area (Å²) in [7, 11) is 2.08. The van der Waals surface area contributed by atoms with Crippen LogP contribution in [0.3, 0.4) is 0 Å². The van der Waals surface area contributed by atoms with Gasteiger partial charge in [0.05, 0.1) is 0 Å². The molecule has 2 aromatic rings. The zero-order chi connectivity index (χ0) is 13.0. The fraction of sp³-hybridized carbons (Fsp3) is 0.267. The third-order valence-corrected chi connectivity index (χ3v) is 3.01. The van der Waals surface area contributed by atoms with Gasteiger partial charge in [0.2, 0.25) is 0 Å². The molecule has 18 heavy (non-hydrogen) atoms. The van der Waals surface area contributed by atoms with Crippen molar-refractivity contribution in [1.29, 1.82) is 0 Å². The molecule has 0 radical (unpaired) electrons. The number of nitrogens with two attached hydrogens (primary N) is 1. The van der Waals surface area contributed by atoms with Crippen molar-refractivity contribution in [3.05, 3.63) is 59.9 Å². The van der Waals surface area contributed by atoms with Gasteiger partial charge in [-0.2, -0.15) is 0 Å². The maximum Gasteiger partial charge on any atom is 0.0427 e. The summed E-state index contributed by atoms with van der Waals surface area (Å²) in [5.74, 6) is 0. The molecule has 0 saturated heterocycles. The molecule has 1 heterocycles. The Balaban J connectivity index is 2.21. The van der Waals surface area contributed by atoms with E-state index in [1.54, 1.807) is 0 Å². The van der Waals surface area contributed by atoms with Gasteiger partial charge in [0, 0.05) is 37.7 Å². The Labute approximate surface area is 108 Å². The average Bonchev–Trinajstić information content (AvgIpc) is 2.40. The van der Waals surface area contributed by atoms with Crippen LogP contribution in [-0.4, -0.2) is 12.0 Å². The first kappa shape index (κ1) is 12.6. The van der Waals surface area contributed by atoms with Crippen LogP contribution in [0.25, 0.3) is 0 Å². The lowest BCUT2D eigenvalue weighted by molar-refractivity contribution is 0.801. The van der Waals surface area contributed by atoms with Gasteiger partial charge < -0.3 is 10.6 Å². The van der Waals surface area contributed by atoms with E-state index in [0.717, 1.165) is 6.54 Å². The van der Waals surface area contributed by atoms with Gasteiger partial charge in [-0.1, -0.05) is 18.2 Å². The first-order valence-electron chi connectivity index (χ1n) is 6.13. The van der Waals surface area contributed by atoms with Gasteiger partial charge in [-0.15, -0.1) is 0 Å². The molecule has 3 heteroatoms. The second-order valence-corrected chi connectivity index (χ2v) is 4.56. The zero-order valence-electron chi connectivity index (χ0n) is 10.9. The third kappa shape index (κ3) is 2.87. The van der Waals surface area contributed by atoms with Crippen molar-refractivity contribution >= 4 is 5.69 Å². The molecule has 2 rings (SSSR count). The summed E-state index contributed by atoms with van der Waals surface area (Å²) in [5, 5.41) is 0. The van der Waals surface area contributed by atoms with Gasteiger partial charge in [-0.3, -0.25) is 4.98 Å². The Morgan fingerprint density at radius 1 is 1.17 bits per heavy atom. The minimum atomic E-state index is 0.0427. The van der Waals surface area contributed by atoms with E-state index in [9.17, 15) is 0 Å². The molecule has 0 amide bonds. The van der Waals surface area contributed by atoms with Crippen molar-refractivity contribution in [2.24, 2.45) is 5.73 Å². The first-order valence-corrected chi connectivity index (χ1v) is 6.13. The minimum Gasteiger partial charge on any atom is -0.370 e. The molecule has 94 valence electrons. The normalized spacial score (nSPS) is 12.2. The van der Waals surface area contributed by atoms with Crippen LogP contribution in [-0.2, 0) is 6.54 Å². The standard InChI is InChI=1S/C15H19N3/c1-12(16)14-5-3-4-6-15(14)18(2)11-13-7-9-17-10-8-13/h3-10,12H,11,16H2,1-2H3. The fourth-order valence-electron chi connectivity index (χ4n) is 2.07. The molecule has 0 spiro atoms. The van der Waals surface area contributed by atoms with Crippen LogP contribution in [0.4, 0.5) is 5.69 Å². The topological polar surface area (TPSA) is 42.1 Å². The summed E-state index contributed by atoms with van der Waals surface area (Å²) in [5.41, 5.74) is 9.61. The summed E-state index contributed by atoms with van der Waals surface area (Å²) in [4.78, 5) is 6.25. The zero-order valence-corrected chi connectivity index (χ0v) is 10.9. The summed E-state index contributed by atoms with van der Waals surface area (Å²) in [6.45, 7) is 2.87. The third-order valence-electron chi connectivity index (χ3n) is 3.01. The average molecular weight is 241 g/mol. The van der Waals surface area contributed by atoms with Crippen LogP contribution in [0, 0.1) is 0 Å². The van der Waals surface area contributed by atoms with E-state index in [2.05, 4.69) is 29.1 Å². The van der Waals surface area contributed by atoms with Gasteiger partial charge in [-0.25, -0.2) is 0 Å². The molecule has 1 aromatic heterocycles. The number of hydrogen-bond acceptors (Lipinski definition) is 3. The van der Waals surface area contributed by atoms with E-state index >= 15 is 0 Å². The second kappa shape index (κ2) is 5.65. The number of nitrogens with zero attached hydrogens (tertiary/aromatic N) is 2. The van der Waals surface area contributed by atoms with Crippen LogP contribution in [0.15, 0.2) is 48.8 Å². The molecule has 2 N–H and O–H groups in total. The van der Waals surface area contributed by atoms with Crippen LogP contribution in [0.1, 0.15) is 24.1 Å². The Bertz CT molecular complexity index is 494. The molecule has 0 aliphatic heterocycles. The van der Waals surface area contributed by atoms with Crippen molar-refractivity contribution in [3.63, 3.8) is 0 Å². The molecule has 1 unspecified atom stereocenters. The SMILES string of the molecule is CC(N)c1ccccc1N(C)Cc1ccncc1. The smallest absolute Gasteiger partial charge is 0.0427 e. The van der Waals surface area contributed by atoms with Gasteiger partial charge in [0.15, 0.2) is 0 Å². The maximum absolute atomic E-state index is 6.01. The summed E-state index contributed by atoms with van der Waals surface area (Å²) in [6, 6.07) is 12.4.